The number of carbonyl (C=O) groups excluding carboxylic acids is 1. The molecule has 0 bridgehead atoms. The molecule has 1 heterocycles. The number of rotatable bonds is 2. The van der Waals surface area contributed by atoms with Crippen molar-refractivity contribution in [3.63, 3.8) is 0 Å². The summed E-state index contributed by atoms with van der Waals surface area (Å²) in [6, 6.07) is 0. The fourth-order valence-electron chi connectivity index (χ4n) is 0.761. The molecule has 0 radical (unpaired) electrons. The van der Waals surface area contributed by atoms with Crippen molar-refractivity contribution < 1.29 is 4.79 Å². The van der Waals surface area contributed by atoms with Crippen molar-refractivity contribution in [3.05, 3.63) is 23.8 Å². The van der Waals surface area contributed by atoms with Crippen molar-refractivity contribution in [2.45, 2.75) is 13.8 Å². The van der Waals surface area contributed by atoms with Gasteiger partial charge >= 0.3 is 0 Å². The highest BCUT2D eigenvalue weighted by Gasteiger charge is 2.04. The summed E-state index contributed by atoms with van der Waals surface area (Å²) >= 11 is 0. The van der Waals surface area contributed by atoms with Crippen molar-refractivity contribution in [2.75, 3.05) is 6.54 Å². The van der Waals surface area contributed by atoms with E-state index in [-0.39, 0.29) is 5.91 Å². The van der Waals surface area contributed by atoms with Gasteiger partial charge < -0.3 is 5.32 Å². The molecule has 1 N–H and O–H groups in total. The molecule has 1 aromatic rings. The lowest BCUT2D eigenvalue weighted by Gasteiger charge is -1.99. The van der Waals surface area contributed by atoms with Crippen molar-refractivity contribution in [1.29, 1.82) is 0 Å². The van der Waals surface area contributed by atoms with Crippen LogP contribution in [0.3, 0.4) is 0 Å². The average Bonchev–Trinajstić information content (AvgIpc) is 2.06. The molecule has 1 rings (SSSR count). The van der Waals surface area contributed by atoms with Crippen molar-refractivity contribution in [1.82, 2.24) is 15.3 Å². The number of hydrogen-bond donors (Lipinski definition) is 1. The summed E-state index contributed by atoms with van der Waals surface area (Å²) in [5.74, 6) is -0.176. The van der Waals surface area contributed by atoms with E-state index in [0.29, 0.717) is 12.2 Å². The largest absolute Gasteiger partial charge is 0.351 e. The third kappa shape index (κ3) is 2.02. The van der Waals surface area contributed by atoms with Crippen LogP contribution < -0.4 is 5.32 Å². The van der Waals surface area contributed by atoms with E-state index in [2.05, 4.69) is 15.3 Å². The third-order valence-corrected chi connectivity index (χ3v) is 1.35. The summed E-state index contributed by atoms with van der Waals surface area (Å²) in [5, 5.41) is 2.64. The molecule has 0 atom stereocenters. The quantitative estimate of drug-likeness (QED) is 0.695. The Bertz CT molecular complexity index is 268. The Labute approximate surface area is 71.0 Å². The molecule has 0 aliphatic carbocycles. The lowest BCUT2D eigenvalue weighted by atomic mass is 10.4. The van der Waals surface area contributed by atoms with Gasteiger partial charge in [-0.1, -0.05) is 0 Å². The first-order valence-electron chi connectivity index (χ1n) is 3.81. The van der Waals surface area contributed by atoms with E-state index < -0.39 is 0 Å². The minimum atomic E-state index is -0.176. The number of hydrogen-bond acceptors (Lipinski definition) is 3. The molecular weight excluding hydrogens is 154 g/mol. The van der Waals surface area contributed by atoms with Crippen LogP contribution in [-0.4, -0.2) is 22.4 Å². The van der Waals surface area contributed by atoms with Crippen LogP contribution in [0.15, 0.2) is 12.4 Å². The first-order chi connectivity index (χ1) is 5.74. The van der Waals surface area contributed by atoms with Crippen molar-refractivity contribution in [3.8, 4) is 0 Å². The lowest BCUT2D eigenvalue weighted by molar-refractivity contribution is 0.0950. The van der Waals surface area contributed by atoms with Crippen LogP contribution in [0.5, 0.6) is 0 Å². The average molecular weight is 165 g/mol. The van der Waals surface area contributed by atoms with Gasteiger partial charge in [-0.05, 0) is 13.8 Å². The van der Waals surface area contributed by atoms with E-state index in [1.54, 1.807) is 6.20 Å². The molecule has 0 aromatic carbocycles. The number of carbonyl (C=O) groups is 1. The van der Waals surface area contributed by atoms with Gasteiger partial charge in [0.15, 0.2) is 0 Å². The summed E-state index contributed by atoms with van der Waals surface area (Å²) in [5.41, 5.74) is 1.17. The highest BCUT2D eigenvalue weighted by molar-refractivity contribution is 5.91. The van der Waals surface area contributed by atoms with Gasteiger partial charge in [0.05, 0.1) is 11.9 Å². The fourth-order valence-corrected chi connectivity index (χ4v) is 0.761. The van der Waals surface area contributed by atoms with E-state index in [4.69, 9.17) is 0 Å². The van der Waals surface area contributed by atoms with E-state index in [1.807, 2.05) is 13.8 Å². The summed E-state index contributed by atoms with van der Waals surface area (Å²) in [4.78, 5) is 19.0. The molecule has 0 saturated carbocycles. The molecule has 0 fully saturated rings. The maximum Gasteiger partial charge on any atom is 0.271 e. The first-order valence-corrected chi connectivity index (χ1v) is 3.81. The van der Waals surface area contributed by atoms with Crippen LogP contribution in [0.1, 0.15) is 23.1 Å². The minimum absolute atomic E-state index is 0.176. The molecule has 1 aromatic heterocycles. The Balaban J connectivity index is 2.75. The molecule has 12 heavy (non-hydrogen) atoms. The first kappa shape index (κ1) is 8.64. The number of nitrogens with zero attached hydrogens (tertiary/aromatic N) is 2. The second kappa shape index (κ2) is 3.80. The highest BCUT2D eigenvalue weighted by Crippen LogP contribution is 1.92. The molecule has 0 aliphatic heterocycles. The molecule has 4 nitrogen and oxygen atoms in total. The van der Waals surface area contributed by atoms with Crippen LogP contribution in [0.2, 0.25) is 0 Å². The van der Waals surface area contributed by atoms with Crippen LogP contribution in [0, 0.1) is 6.92 Å². The number of aryl methyl sites for hydroxylation is 1. The van der Waals surface area contributed by atoms with Crippen molar-refractivity contribution in [2.24, 2.45) is 0 Å². The normalized spacial score (nSPS) is 9.50. The maximum absolute atomic E-state index is 11.1. The van der Waals surface area contributed by atoms with Crippen LogP contribution >= 0.6 is 0 Å². The molecule has 0 unspecified atom stereocenters. The molecule has 64 valence electrons. The Morgan fingerprint density at radius 2 is 2.25 bits per heavy atom. The topological polar surface area (TPSA) is 54.9 Å². The Hall–Kier alpha value is -1.45. The predicted octanol–water partition coefficient (Wildman–Crippen LogP) is 0.535. The summed E-state index contributed by atoms with van der Waals surface area (Å²) < 4.78 is 0. The highest BCUT2D eigenvalue weighted by atomic mass is 16.1. The fraction of sp³-hybridized carbons (Fsp3) is 0.375. The monoisotopic (exact) mass is 165 g/mol. The standard InChI is InChI=1S/C8H11N3O/c1-3-9-8(12)7-5-10-6(2)4-11-7/h4-5H,3H2,1-2H3,(H,9,12). The van der Waals surface area contributed by atoms with E-state index in [1.165, 1.54) is 6.20 Å². The zero-order chi connectivity index (χ0) is 8.97. The Kier molecular flexibility index (Phi) is 2.74. The SMILES string of the molecule is CCNC(=O)c1cnc(C)cn1. The maximum atomic E-state index is 11.1. The van der Waals surface area contributed by atoms with Gasteiger partial charge in [0.25, 0.3) is 5.91 Å². The van der Waals surface area contributed by atoms with Crippen molar-refractivity contribution >= 4 is 5.91 Å². The lowest BCUT2D eigenvalue weighted by Crippen LogP contribution is -2.23. The molecule has 0 spiro atoms. The second-order valence-electron chi connectivity index (χ2n) is 2.40. The van der Waals surface area contributed by atoms with Gasteiger partial charge in [-0.25, -0.2) is 4.98 Å². The zero-order valence-corrected chi connectivity index (χ0v) is 7.16. The van der Waals surface area contributed by atoms with Gasteiger partial charge in [-0.2, -0.15) is 0 Å². The van der Waals surface area contributed by atoms with Gasteiger partial charge in [0.2, 0.25) is 0 Å². The summed E-state index contributed by atoms with van der Waals surface area (Å²) in [7, 11) is 0. The van der Waals surface area contributed by atoms with Crippen LogP contribution in [-0.2, 0) is 0 Å². The third-order valence-electron chi connectivity index (χ3n) is 1.35. The van der Waals surface area contributed by atoms with Crippen LogP contribution in [0.4, 0.5) is 0 Å². The number of amides is 1. The minimum Gasteiger partial charge on any atom is -0.351 e. The summed E-state index contributed by atoms with van der Waals surface area (Å²) in [6.07, 6.45) is 3.05. The second-order valence-corrected chi connectivity index (χ2v) is 2.40. The molecule has 0 saturated heterocycles. The van der Waals surface area contributed by atoms with E-state index in [9.17, 15) is 4.79 Å². The molecular formula is C8H11N3O. The van der Waals surface area contributed by atoms with Gasteiger partial charge in [-0.15, -0.1) is 0 Å². The van der Waals surface area contributed by atoms with E-state index >= 15 is 0 Å². The van der Waals surface area contributed by atoms with Crippen LogP contribution in [0.25, 0.3) is 0 Å². The van der Waals surface area contributed by atoms with Gasteiger partial charge in [0.1, 0.15) is 5.69 Å². The molecule has 4 heteroatoms. The zero-order valence-electron chi connectivity index (χ0n) is 7.16. The smallest absolute Gasteiger partial charge is 0.271 e. The Morgan fingerprint density at radius 1 is 1.50 bits per heavy atom. The summed E-state index contributed by atoms with van der Waals surface area (Å²) in [6.45, 7) is 4.29. The number of nitrogens with one attached hydrogen (secondary N) is 1. The molecule has 1 amide bonds. The van der Waals surface area contributed by atoms with Gasteiger partial charge in [0, 0.05) is 12.7 Å². The van der Waals surface area contributed by atoms with E-state index in [0.717, 1.165) is 5.69 Å². The Morgan fingerprint density at radius 3 is 2.75 bits per heavy atom. The molecule has 0 aliphatic rings. The van der Waals surface area contributed by atoms with Gasteiger partial charge in [-0.3, -0.25) is 9.78 Å². The number of aromatic nitrogens is 2. The predicted molar refractivity (Wildman–Crippen MR) is 44.8 cm³/mol.